The molecule has 0 aromatic carbocycles. The van der Waals surface area contributed by atoms with Gasteiger partial charge in [-0.15, -0.1) is 0 Å². The Hall–Kier alpha value is -1.46. The Kier molecular flexibility index (Phi) is 8.43. The molecule has 5 nitrogen and oxygen atoms in total. The summed E-state index contributed by atoms with van der Waals surface area (Å²) in [6.07, 6.45) is 6.24. The normalized spacial score (nSPS) is 33.7. The Morgan fingerprint density at radius 1 is 1.37 bits per heavy atom. The van der Waals surface area contributed by atoms with Gasteiger partial charge in [0.25, 0.3) is 0 Å². The number of hydrogen-bond acceptors (Lipinski definition) is 5. The van der Waals surface area contributed by atoms with E-state index in [0.29, 0.717) is 12.3 Å². The Bertz CT molecular complexity index is 588. The molecule has 0 saturated carbocycles. The largest absolute Gasteiger partial charge is 0.465 e. The number of aliphatic hydroxyl groups is 2. The molecule has 0 bridgehead atoms. The van der Waals surface area contributed by atoms with E-state index in [1.165, 1.54) is 6.92 Å². The summed E-state index contributed by atoms with van der Waals surface area (Å²) >= 11 is 0. The highest BCUT2D eigenvalue weighted by Crippen LogP contribution is 2.33. The summed E-state index contributed by atoms with van der Waals surface area (Å²) in [5.41, 5.74) is -1.15. The van der Waals surface area contributed by atoms with E-state index in [4.69, 9.17) is 4.74 Å². The summed E-state index contributed by atoms with van der Waals surface area (Å²) in [6.45, 7) is 10.9. The monoisotopic (exact) mass is 380 g/mol. The summed E-state index contributed by atoms with van der Waals surface area (Å²) in [6, 6.07) is 0. The van der Waals surface area contributed by atoms with Crippen LogP contribution >= 0.6 is 0 Å². The SMILES string of the molecule is CC(=O)OCC1(C)CCC(C(C)C)C=CC(C)(O)CC(O)C=C(C)CC1=O. The average molecular weight is 381 g/mol. The van der Waals surface area contributed by atoms with Gasteiger partial charge in [0, 0.05) is 19.8 Å². The number of carbonyl (C=O) groups excluding carboxylic acids is 2. The second-order valence-electron chi connectivity index (χ2n) is 8.89. The van der Waals surface area contributed by atoms with Gasteiger partial charge in [-0.2, -0.15) is 0 Å². The van der Waals surface area contributed by atoms with Gasteiger partial charge in [0.1, 0.15) is 12.4 Å². The van der Waals surface area contributed by atoms with Crippen LogP contribution in [0, 0.1) is 17.3 Å². The fourth-order valence-corrected chi connectivity index (χ4v) is 3.43. The standard InChI is InChI=1S/C22H36O5/c1-15(2)18-7-9-21(5,14-27-17(4)23)20(25)12-16(3)11-19(24)13-22(6,26)10-8-18/h8,10-11,15,18-19,24,26H,7,9,12-14H2,1-6H3. The van der Waals surface area contributed by atoms with Crippen molar-refractivity contribution in [3.05, 3.63) is 23.8 Å². The zero-order valence-electron chi connectivity index (χ0n) is 17.6. The smallest absolute Gasteiger partial charge is 0.302 e. The van der Waals surface area contributed by atoms with Crippen molar-refractivity contribution < 1.29 is 24.5 Å². The molecule has 0 radical (unpaired) electrons. The number of esters is 1. The highest BCUT2D eigenvalue weighted by atomic mass is 16.5. The van der Waals surface area contributed by atoms with E-state index in [0.717, 1.165) is 12.0 Å². The molecule has 0 aromatic heterocycles. The average Bonchev–Trinajstić information content (AvgIpc) is 2.50. The summed E-state index contributed by atoms with van der Waals surface area (Å²) in [5.74, 6) is 0.112. The summed E-state index contributed by atoms with van der Waals surface area (Å²) in [4.78, 5) is 24.3. The molecule has 27 heavy (non-hydrogen) atoms. The molecule has 0 aliphatic heterocycles. The van der Waals surface area contributed by atoms with Crippen molar-refractivity contribution in [3.63, 3.8) is 0 Å². The first-order chi connectivity index (χ1) is 12.3. The minimum Gasteiger partial charge on any atom is -0.465 e. The van der Waals surface area contributed by atoms with Crippen LogP contribution in [0.15, 0.2) is 23.8 Å². The predicted octanol–water partition coefficient (Wildman–Crippen LogP) is 3.59. The van der Waals surface area contributed by atoms with Crippen molar-refractivity contribution in [2.75, 3.05) is 6.61 Å². The molecule has 0 heterocycles. The Morgan fingerprint density at radius 3 is 2.56 bits per heavy atom. The molecule has 0 aromatic rings. The maximum atomic E-state index is 13.0. The van der Waals surface area contributed by atoms with E-state index >= 15 is 0 Å². The van der Waals surface area contributed by atoms with Crippen molar-refractivity contribution in [2.45, 2.75) is 78.9 Å². The summed E-state index contributed by atoms with van der Waals surface area (Å²) in [5, 5.41) is 20.9. The van der Waals surface area contributed by atoms with Gasteiger partial charge in [0.15, 0.2) is 0 Å². The highest BCUT2D eigenvalue weighted by molar-refractivity contribution is 5.86. The molecule has 2 N–H and O–H groups in total. The van der Waals surface area contributed by atoms with Crippen molar-refractivity contribution in [1.82, 2.24) is 0 Å². The van der Waals surface area contributed by atoms with Crippen LogP contribution in [-0.2, 0) is 14.3 Å². The lowest BCUT2D eigenvalue weighted by Gasteiger charge is -2.30. The third-order valence-electron chi connectivity index (χ3n) is 5.39. The van der Waals surface area contributed by atoms with E-state index in [2.05, 4.69) is 13.8 Å². The lowest BCUT2D eigenvalue weighted by atomic mass is 9.76. The zero-order valence-corrected chi connectivity index (χ0v) is 17.6. The number of ketones is 1. The predicted molar refractivity (Wildman–Crippen MR) is 106 cm³/mol. The Labute approximate surface area is 163 Å². The number of allylic oxidation sites excluding steroid dienone is 2. The third kappa shape index (κ3) is 7.97. The number of hydrogen-bond donors (Lipinski definition) is 2. The van der Waals surface area contributed by atoms with E-state index in [-0.39, 0.29) is 31.1 Å². The van der Waals surface area contributed by atoms with Crippen LogP contribution in [-0.4, -0.2) is 40.3 Å². The second-order valence-corrected chi connectivity index (χ2v) is 8.89. The van der Waals surface area contributed by atoms with Crippen molar-refractivity contribution in [1.29, 1.82) is 0 Å². The Morgan fingerprint density at radius 2 is 2.00 bits per heavy atom. The van der Waals surface area contributed by atoms with Crippen molar-refractivity contribution in [2.24, 2.45) is 17.3 Å². The molecule has 1 rings (SSSR count). The molecule has 4 atom stereocenters. The minimum absolute atomic E-state index is 0.00203. The maximum Gasteiger partial charge on any atom is 0.302 e. The van der Waals surface area contributed by atoms with E-state index in [1.807, 2.05) is 13.0 Å². The zero-order chi connectivity index (χ0) is 20.8. The fraction of sp³-hybridized carbons (Fsp3) is 0.727. The number of rotatable bonds is 3. The minimum atomic E-state index is -1.12. The molecule has 0 spiro atoms. The quantitative estimate of drug-likeness (QED) is 0.577. The molecule has 0 amide bonds. The lowest BCUT2D eigenvalue weighted by Crippen LogP contribution is -2.34. The van der Waals surface area contributed by atoms with Gasteiger partial charge in [-0.1, -0.05) is 37.6 Å². The van der Waals surface area contributed by atoms with Crippen LogP contribution < -0.4 is 0 Å². The van der Waals surface area contributed by atoms with Crippen LogP contribution in [0.5, 0.6) is 0 Å². The Balaban J connectivity index is 3.22. The van der Waals surface area contributed by atoms with Gasteiger partial charge in [0.05, 0.1) is 17.1 Å². The van der Waals surface area contributed by atoms with Gasteiger partial charge < -0.3 is 14.9 Å². The van der Waals surface area contributed by atoms with Crippen molar-refractivity contribution in [3.8, 4) is 0 Å². The summed E-state index contributed by atoms with van der Waals surface area (Å²) < 4.78 is 5.20. The first-order valence-corrected chi connectivity index (χ1v) is 9.78. The van der Waals surface area contributed by atoms with Crippen LogP contribution in [0.2, 0.25) is 0 Å². The van der Waals surface area contributed by atoms with Crippen LogP contribution in [0.1, 0.15) is 67.2 Å². The fourth-order valence-electron chi connectivity index (χ4n) is 3.43. The molecule has 5 heteroatoms. The summed E-state index contributed by atoms with van der Waals surface area (Å²) in [7, 11) is 0. The second kappa shape index (κ2) is 9.65. The number of Topliss-reactive ketones (excluding diaryl/α,β-unsaturated/α-hetero) is 1. The van der Waals surface area contributed by atoms with Gasteiger partial charge in [-0.05, 0) is 45.4 Å². The molecule has 0 saturated heterocycles. The van der Waals surface area contributed by atoms with Crippen LogP contribution in [0.4, 0.5) is 0 Å². The number of carbonyl (C=O) groups is 2. The van der Waals surface area contributed by atoms with Gasteiger partial charge >= 0.3 is 5.97 Å². The van der Waals surface area contributed by atoms with Crippen LogP contribution in [0.25, 0.3) is 0 Å². The number of aliphatic hydroxyl groups excluding tert-OH is 1. The van der Waals surface area contributed by atoms with Gasteiger partial charge in [0.2, 0.25) is 0 Å². The molecular formula is C22H36O5. The lowest BCUT2D eigenvalue weighted by molar-refractivity contribution is -0.147. The molecular weight excluding hydrogens is 344 g/mol. The van der Waals surface area contributed by atoms with E-state index in [1.54, 1.807) is 26.0 Å². The van der Waals surface area contributed by atoms with E-state index in [9.17, 15) is 19.8 Å². The maximum absolute atomic E-state index is 13.0. The molecule has 0 fully saturated rings. The van der Waals surface area contributed by atoms with Gasteiger partial charge in [-0.25, -0.2) is 0 Å². The first kappa shape index (κ1) is 23.6. The molecule has 154 valence electrons. The van der Waals surface area contributed by atoms with Gasteiger partial charge in [-0.3, -0.25) is 9.59 Å². The highest BCUT2D eigenvalue weighted by Gasteiger charge is 2.35. The molecule has 4 unspecified atom stereocenters. The molecule has 1 aliphatic carbocycles. The van der Waals surface area contributed by atoms with E-state index < -0.39 is 23.1 Å². The number of ether oxygens (including phenoxy) is 1. The molecule has 1 aliphatic rings. The first-order valence-electron chi connectivity index (χ1n) is 9.78. The third-order valence-corrected chi connectivity index (χ3v) is 5.39. The van der Waals surface area contributed by atoms with Crippen LogP contribution in [0.3, 0.4) is 0 Å². The van der Waals surface area contributed by atoms with Crippen molar-refractivity contribution >= 4 is 11.8 Å². The topological polar surface area (TPSA) is 83.8 Å².